The van der Waals surface area contributed by atoms with E-state index in [2.05, 4.69) is 5.32 Å². The fraction of sp³-hybridized carbons (Fsp3) is 0.208. The predicted molar refractivity (Wildman–Crippen MR) is 122 cm³/mol. The maximum Gasteiger partial charge on any atom is 0.416 e. The first-order valence-electron chi connectivity index (χ1n) is 10.3. The average molecular weight is 513 g/mol. The minimum Gasteiger partial charge on any atom is -0.351 e. The van der Waals surface area contributed by atoms with Crippen LogP contribution in [0, 0.1) is 11.6 Å². The molecule has 3 aromatic carbocycles. The summed E-state index contributed by atoms with van der Waals surface area (Å²) in [6, 6.07) is 11.6. The molecule has 0 saturated heterocycles. The zero-order chi connectivity index (χ0) is 26.0. The van der Waals surface area contributed by atoms with E-state index in [9.17, 15) is 35.2 Å². The van der Waals surface area contributed by atoms with Crippen molar-refractivity contribution >= 4 is 21.6 Å². The Kier molecular flexibility index (Phi) is 7.49. The van der Waals surface area contributed by atoms with Gasteiger partial charge < -0.3 is 5.32 Å². The van der Waals surface area contributed by atoms with Crippen LogP contribution in [0.5, 0.6) is 0 Å². The molecule has 11 heteroatoms. The molecule has 0 fully saturated rings. The number of halogens is 5. The van der Waals surface area contributed by atoms with Crippen LogP contribution in [0.4, 0.5) is 27.6 Å². The zero-order valence-corrected chi connectivity index (χ0v) is 19.4. The molecule has 1 amide bonds. The van der Waals surface area contributed by atoms with Crippen LogP contribution in [-0.2, 0) is 27.5 Å². The predicted octanol–water partition coefficient (Wildman–Crippen LogP) is 5.44. The summed E-state index contributed by atoms with van der Waals surface area (Å²) in [5, 5.41) is 2.62. The van der Waals surface area contributed by atoms with Gasteiger partial charge in [0.25, 0.3) is 0 Å². The van der Waals surface area contributed by atoms with Gasteiger partial charge in [-0.05, 0) is 65.6 Å². The van der Waals surface area contributed by atoms with Crippen molar-refractivity contribution in [3.63, 3.8) is 0 Å². The Morgan fingerprint density at radius 3 is 2.20 bits per heavy atom. The number of hydrogen-bond acceptors (Lipinski definition) is 3. The molecule has 0 saturated carbocycles. The van der Waals surface area contributed by atoms with E-state index in [1.54, 1.807) is 0 Å². The minimum absolute atomic E-state index is 0.135. The third-order valence-electron chi connectivity index (χ3n) is 5.23. The molecule has 2 N–H and O–H groups in total. The normalized spacial score (nSPS) is 12.8. The van der Waals surface area contributed by atoms with Crippen molar-refractivity contribution in [1.29, 1.82) is 0 Å². The molecule has 3 aromatic rings. The molecule has 1 unspecified atom stereocenters. The van der Waals surface area contributed by atoms with Gasteiger partial charge in [0.2, 0.25) is 15.9 Å². The topological polar surface area (TPSA) is 75.3 Å². The fourth-order valence-electron chi connectivity index (χ4n) is 3.38. The van der Waals surface area contributed by atoms with Crippen LogP contribution in [0.3, 0.4) is 0 Å². The summed E-state index contributed by atoms with van der Waals surface area (Å²) in [7, 11) is -3.69. The van der Waals surface area contributed by atoms with Crippen molar-refractivity contribution in [2.75, 3.05) is 11.0 Å². The monoisotopic (exact) mass is 512 g/mol. The van der Waals surface area contributed by atoms with Crippen LogP contribution in [0.1, 0.15) is 29.5 Å². The number of carbonyl (C=O) groups is 1. The number of amides is 1. The molecule has 5 nitrogen and oxygen atoms in total. The van der Waals surface area contributed by atoms with Crippen molar-refractivity contribution in [3.05, 3.63) is 89.0 Å². The van der Waals surface area contributed by atoms with Gasteiger partial charge in [-0.1, -0.05) is 24.3 Å². The Bertz CT molecular complexity index is 1340. The van der Waals surface area contributed by atoms with Gasteiger partial charge in [0.05, 0.1) is 23.4 Å². The second-order valence-electron chi connectivity index (χ2n) is 7.93. The van der Waals surface area contributed by atoms with E-state index in [4.69, 9.17) is 0 Å². The molecule has 0 aromatic heterocycles. The van der Waals surface area contributed by atoms with E-state index in [-0.39, 0.29) is 23.4 Å². The number of nitrogens with one attached hydrogen (secondary N) is 2. The Hall–Kier alpha value is -3.47. The molecule has 1 atom stereocenters. The van der Waals surface area contributed by atoms with E-state index < -0.39 is 45.2 Å². The number of rotatable bonds is 7. The van der Waals surface area contributed by atoms with Crippen molar-refractivity contribution in [1.82, 2.24) is 5.32 Å². The van der Waals surface area contributed by atoms with Crippen LogP contribution < -0.4 is 10.0 Å². The van der Waals surface area contributed by atoms with Gasteiger partial charge in [0, 0.05) is 6.54 Å². The highest BCUT2D eigenvalue weighted by molar-refractivity contribution is 7.92. The van der Waals surface area contributed by atoms with Gasteiger partial charge in [-0.2, -0.15) is 13.2 Å². The van der Waals surface area contributed by atoms with E-state index in [1.165, 1.54) is 37.3 Å². The number of benzene rings is 3. The maximum atomic E-state index is 14.3. The number of anilines is 1. The van der Waals surface area contributed by atoms with Crippen LogP contribution in [-0.4, -0.2) is 20.6 Å². The second kappa shape index (κ2) is 10.0. The first-order valence-corrected chi connectivity index (χ1v) is 12.1. The summed E-state index contributed by atoms with van der Waals surface area (Å²) in [4.78, 5) is 12.7. The van der Waals surface area contributed by atoms with Crippen molar-refractivity contribution in [2.45, 2.75) is 25.6 Å². The minimum atomic E-state index is -4.59. The molecule has 0 aliphatic heterocycles. The summed E-state index contributed by atoms with van der Waals surface area (Å²) in [6.45, 7) is 1.37. The first kappa shape index (κ1) is 26.1. The molecule has 0 radical (unpaired) electrons. The van der Waals surface area contributed by atoms with Crippen molar-refractivity contribution in [2.24, 2.45) is 0 Å². The largest absolute Gasteiger partial charge is 0.416 e. The molecule has 0 bridgehead atoms. The van der Waals surface area contributed by atoms with Crippen molar-refractivity contribution in [3.8, 4) is 11.1 Å². The van der Waals surface area contributed by atoms with Crippen molar-refractivity contribution < 1.29 is 35.2 Å². The number of alkyl halides is 3. The molecule has 0 aliphatic carbocycles. The van der Waals surface area contributed by atoms with Crippen LogP contribution >= 0.6 is 0 Å². The van der Waals surface area contributed by atoms with E-state index in [0.29, 0.717) is 11.1 Å². The Balaban J connectivity index is 1.81. The first-order chi connectivity index (χ1) is 16.2. The lowest BCUT2D eigenvalue weighted by atomic mass is 9.96. The highest BCUT2D eigenvalue weighted by Gasteiger charge is 2.31. The van der Waals surface area contributed by atoms with Gasteiger partial charge in [0.1, 0.15) is 11.6 Å². The third kappa shape index (κ3) is 6.78. The lowest BCUT2D eigenvalue weighted by Gasteiger charge is -2.17. The second-order valence-corrected chi connectivity index (χ2v) is 9.68. The van der Waals surface area contributed by atoms with Crippen LogP contribution in [0.2, 0.25) is 0 Å². The van der Waals surface area contributed by atoms with E-state index in [1.807, 2.05) is 4.72 Å². The molecule has 0 aliphatic rings. The zero-order valence-electron chi connectivity index (χ0n) is 18.6. The highest BCUT2D eigenvalue weighted by atomic mass is 32.2. The molecule has 0 heterocycles. The summed E-state index contributed by atoms with van der Waals surface area (Å²) in [5.74, 6) is -2.79. The van der Waals surface area contributed by atoms with Crippen LogP contribution in [0.25, 0.3) is 11.1 Å². The maximum absolute atomic E-state index is 14.3. The summed E-state index contributed by atoms with van der Waals surface area (Å²) < 4.78 is 91.9. The molecular formula is C24H21F5N2O3S. The van der Waals surface area contributed by atoms with E-state index >= 15 is 0 Å². The smallest absolute Gasteiger partial charge is 0.351 e. The SMILES string of the molecule is CC(C(=O)NCc1ccc(C(F)(F)F)cc1-c1ccc(F)cc1)c1ccc(NS(C)(=O)=O)c(F)c1. The van der Waals surface area contributed by atoms with Crippen LogP contribution in [0.15, 0.2) is 60.7 Å². The lowest BCUT2D eigenvalue weighted by molar-refractivity contribution is -0.137. The van der Waals surface area contributed by atoms with Gasteiger partial charge >= 0.3 is 6.18 Å². The molecular weight excluding hydrogens is 491 g/mol. The number of carbonyl (C=O) groups excluding carboxylic acids is 1. The summed E-state index contributed by atoms with van der Waals surface area (Å²) >= 11 is 0. The van der Waals surface area contributed by atoms with E-state index in [0.717, 1.165) is 36.6 Å². The Labute approximate surface area is 199 Å². The van der Waals surface area contributed by atoms with Gasteiger partial charge in [-0.25, -0.2) is 17.2 Å². The quantitative estimate of drug-likeness (QED) is 0.414. The Morgan fingerprint density at radius 2 is 1.63 bits per heavy atom. The van der Waals surface area contributed by atoms with Gasteiger partial charge in [-0.3, -0.25) is 9.52 Å². The average Bonchev–Trinajstić information content (AvgIpc) is 2.77. The molecule has 0 spiro atoms. The standard InChI is InChI=1S/C24H21F5N2O3S/c1-14(16-6-10-22(21(26)11-16)31-35(2,33)34)23(32)30-13-17-3-7-18(24(27,28)29)12-20(17)15-4-8-19(25)9-5-15/h3-12,14,31H,13H2,1-2H3,(H,30,32). The lowest BCUT2D eigenvalue weighted by Crippen LogP contribution is -2.28. The molecule has 3 rings (SSSR count). The fourth-order valence-corrected chi connectivity index (χ4v) is 3.94. The summed E-state index contributed by atoms with van der Waals surface area (Å²) in [5.41, 5.74) is -0.00813. The highest BCUT2D eigenvalue weighted by Crippen LogP contribution is 2.34. The molecule has 186 valence electrons. The molecule has 35 heavy (non-hydrogen) atoms. The van der Waals surface area contributed by atoms with Gasteiger partial charge in [-0.15, -0.1) is 0 Å². The van der Waals surface area contributed by atoms with Gasteiger partial charge in [0.15, 0.2) is 0 Å². The summed E-state index contributed by atoms with van der Waals surface area (Å²) in [6.07, 6.45) is -3.72. The third-order valence-corrected chi connectivity index (χ3v) is 5.82. The number of sulfonamides is 1. The Morgan fingerprint density at radius 1 is 0.971 bits per heavy atom. The number of hydrogen-bond donors (Lipinski definition) is 2.